The molecule has 2 heterocycles. The largest absolute Gasteiger partial charge is 0.395 e. The van der Waals surface area contributed by atoms with Crippen LogP contribution in [0.15, 0.2) is 18.3 Å². The van der Waals surface area contributed by atoms with Crippen LogP contribution in [0, 0.1) is 0 Å². The van der Waals surface area contributed by atoms with Crippen molar-refractivity contribution in [3.05, 3.63) is 29.6 Å². The molecule has 1 aliphatic rings. The number of nitrogens with zero attached hydrogens (tertiary/aromatic N) is 1. The zero-order chi connectivity index (χ0) is 12.1. The number of hydrogen-bond donors (Lipinski definition) is 2. The Morgan fingerprint density at radius 2 is 2.18 bits per heavy atom. The van der Waals surface area contributed by atoms with E-state index in [4.69, 9.17) is 15.6 Å². The van der Waals surface area contributed by atoms with Crippen molar-refractivity contribution in [2.75, 3.05) is 19.8 Å². The predicted octanol–water partition coefficient (Wildman–Crippen LogP) is 0.838. The minimum absolute atomic E-state index is 0.0156. The normalized spacial score (nSPS) is 19.2. The molecule has 2 rings (SSSR count). The van der Waals surface area contributed by atoms with Crippen LogP contribution in [0.4, 0.5) is 0 Å². The number of aromatic nitrogens is 1. The van der Waals surface area contributed by atoms with Crippen molar-refractivity contribution in [1.82, 2.24) is 4.98 Å². The first-order chi connectivity index (χ1) is 8.29. The summed E-state index contributed by atoms with van der Waals surface area (Å²) in [7, 11) is 0. The van der Waals surface area contributed by atoms with E-state index >= 15 is 0 Å². The maximum absolute atomic E-state index is 8.90. The van der Waals surface area contributed by atoms with Gasteiger partial charge in [0.25, 0.3) is 0 Å². The van der Waals surface area contributed by atoms with Gasteiger partial charge in [-0.2, -0.15) is 0 Å². The van der Waals surface area contributed by atoms with Crippen molar-refractivity contribution in [3.8, 4) is 0 Å². The number of ether oxygens (including phenoxy) is 1. The van der Waals surface area contributed by atoms with Crippen LogP contribution in [-0.4, -0.2) is 36.0 Å². The first-order valence-corrected chi connectivity index (χ1v) is 6.18. The van der Waals surface area contributed by atoms with E-state index in [-0.39, 0.29) is 12.6 Å². The van der Waals surface area contributed by atoms with Gasteiger partial charge in [0.2, 0.25) is 0 Å². The van der Waals surface area contributed by atoms with Crippen LogP contribution in [0.1, 0.15) is 30.0 Å². The maximum Gasteiger partial charge on any atom is 0.0585 e. The molecular weight excluding hydrogens is 216 g/mol. The highest BCUT2D eigenvalue weighted by molar-refractivity contribution is 5.18. The zero-order valence-electron chi connectivity index (χ0n) is 10.0. The predicted molar refractivity (Wildman–Crippen MR) is 65.8 cm³/mol. The molecule has 1 aromatic rings. The average Bonchev–Trinajstić information content (AvgIpc) is 2.40. The van der Waals surface area contributed by atoms with Crippen molar-refractivity contribution in [1.29, 1.82) is 0 Å². The monoisotopic (exact) mass is 236 g/mol. The van der Waals surface area contributed by atoms with E-state index in [1.54, 1.807) is 0 Å². The minimum Gasteiger partial charge on any atom is -0.395 e. The Labute approximate surface area is 102 Å². The van der Waals surface area contributed by atoms with Crippen LogP contribution in [0.3, 0.4) is 0 Å². The van der Waals surface area contributed by atoms with Gasteiger partial charge in [-0.15, -0.1) is 0 Å². The van der Waals surface area contributed by atoms with E-state index in [9.17, 15) is 0 Å². The van der Waals surface area contributed by atoms with E-state index in [1.807, 2.05) is 6.20 Å². The van der Waals surface area contributed by atoms with Crippen molar-refractivity contribution in [2.45, 2.75) is 31.2 Å². The molecule has 1 aromatic heterocycles. The number of aliphatic hydroxyl groups excluding tert-OH is 1. The summed E-state index contributed by atoms with van der Waals surface area (Å²) in [4.78, 5) is 4.50. The van der Waals surface area contributed by atoms with Gasteiger partial charge in [0, 0.05) is 37.1 Å². The Morgan fingerprint density at radius 1 is 1.41 bits per heavy atom. The maximum atomic E-state index is 8.90. The van der Waals surface area contributed by atoms with E-state index in [0.29, 0.717) is 12.3 Å². The molecule has 17 heavy (non-hydrogen) atoms. The van der Waals surface area contributed by atoms with Crippen LogP contribution in [0.2, 0.25) is 0 Å². The summed E-state index contributed by atoms with van der Waals surface area (Å²) < 4.78 is 5.34. The summed E-state index contributed by atoms with van der Waals surface area (Å²) in [6.45, 7) is 1.69. The second-order valence-corrected chi connectivity index (χ2v) is 4.62. The molecule has 1 saturated heterocycles. The van der Waals surface area contributed by atoms with Crippen molar-refractivity contribution in [3.63, 3.8) is 0 Å². The molecule has 0 amide bonds. The third kappa shape index (κ3) is 3.49. The van der Waals surface area contributed by atoms with E-state index in [2.05, 4.69) is 17.1 Å². The van der Waals surface area contributed by atoms with Crippen molar-refractivity contribution >= 4 is 0 Å². The van der Waals surface area contributed by atoms with Crippen LogP contribution in [0.5, 0.6) is 0 Å². The second kappa shape index (κ2) is 6.10. The lowest BCUT2D eigenvalue weighted by Gasteiger charge is -2.21. The van der Waals surface area contributed by atoms with Crippen LogP contribution in [-0.2, 0) is 11.2 Å². The fourth-order valence-corrected chi connectivity index (χ4v) is 2.16. The summed E-state index contributed by atoms with van der Waals surface area (Å²) in [5, 5.41) is 8.90. The number of aliphatic hydroxyl groups is 1. The SMILES string of the molecule is NC(CO)Cc1ccc(C2CCOCC2)nc1. The molecular formula is C13H20N2O2. The van der Waals surface area contributed by atoms with Gasteiger partial charge in [-0.3, -0.25) is 4.98 Å². The molecule has 4 heteroatoms. The Bertz CT molecular complexity index is 334. The average molecular weight is 236 g/mol. The molecule has 1 fully saturated rings. The quantitative estimate of drug-likeness (QED) is 0.812. The zero-order valence-corrected chi connectivity index (χ0v) is 10.0. The Balaban J connectivity index is 1.97. The van der Waals surface area contributed by atoms with Gasteiger partial charge in [0.15, 0.2) is 0 Å². The Morgan fingerprint density at radius 3 is 2.76 bits per heavy atom. The lowest BCUT2D eigenvalue weighted by atomic mass is 9.95. The second-order valence-electron chi connectivity index (χ2n) is 4.62. The molecule has 0 bridgehead atoms. The Hall–Kier alpha value is -0.970. The summed E-state index contributed by atoms with van der Waals surface area (Å²) in [5.41, 5.74) is 7.92. The molecule has 4 nitrogen and oxygen atoms in total. The molecule has 0 aliphatic carbocycles. The van der Waals surface area contributed by atoms with Gasteiger partial charge in [-0.1, -0.05) is 6.07 Å². The molecule has 0 aromatic carbocycles. The fraction of sp³-hybridized carbons (Fsp3) is 0.615. The topological polar surface area (TPSA) is 68.4 Å². The third-order valence-electron chi connectivity index (χ3n) is 3.22. The van der Waals surface area contributed by atoms with E-state index in [1.165, 1.54) is 0 Å². The molecule has 3 N–H and O–H groups in total. The number of rotatable bonds is 4. The highest BCUT2D eigenvalue weighted by Crippen LogP contribution is 2.25. The van der Waals surface area contributed by atoms with Gasteiger partial charge < -0.3 is 15.6 Å². The minimum atomic E-state index is -0.189. The van der Waals surface area contributed by atoms with Crippen molar-refractivity contribution < 1.29 is 9.84 Å². The number of nitrogens with two attached hydrogens (primary N) is 1. The van der Waals surface area contributed by atoms with Gasteiger partial charge >= 0.3 is 0 Å². The smallest absolute Gasteiger partial charge is 0.0585 e. The molecule has 0 saturated carbocycles. The fourth-order valence-electron chi connectivity index (χ4n) is 2.16. The highest BCUT2D eigenvalue weighted by atomic mass is 16.5. The summed E-state index contributed by atoms with van der Waals surface area (Å²) in [5.74, 6) is 0.532. The van der Waals surface area contributed by atoms with Gasteiger partial charge in [-0.25, -0.2) is 0 Å². The molecule has 94 valence electrons. The standard InChI is InChI=1S/C13H20N2O2/c14-12(9-16)7-10-1-2-13(15-8-10)11-3-5-17-6-4-11/h1-2,8,11-12,16H,3-7,9,14H2. The summed E-state index contributed by atoms with van der Waals surface area (Å²) in [6, 6.07) is 3.95. The molecule has 0 spiro atoms. The molecule has 1 unspecified atom stereocenters. The number of hydrogen-bond acceptors (Lipinski definition) is 4. The number of pyridine rings is 1. The molecule has 0 radical (unpaired) electrons. The first kappa shape index (κ1) is 12.5. The summed E-state index contributed by atoms with van der Waals surface area (Å²) in [6.07, 6.45) is 4.67. The van der Waals surface area contributed by atoms with Crippen LogP contribution < -0.4 is 5.73 Å². The molecule has 1 atom stereocenters. The lowest BCUT2D eigenvalue weighted by Crippen LogP contribution is -2.26. The molecule has 1 aliphatic heterocycles. The van der Waals surface area contributed by atoms with Crippen molar-refractivity contribution in [2.24, 2.45) is 5.73 Å². The Kier molecular flexibility index (Phi) is 4.48. The van der Waals surface area contributed by atoms with Gasteiger partial charge in [-0.05, 0) is 30.9 Å². The summed E-state index contributed by atoms with van der Waals surface area (Å²) >= 11 is 0. The van der Waals surface area contributed by atoms with E-state index < -0.39 is 0 Å². The van der Waals surface area contributed by atoms with Crippen LogP contribution >= 0.6 is 0 Å². The first-order valence-electron chi connectivity index (χ1n) is 6.18. The third-order valence-corrected chi connectivity index (χ3v) is 3.22. The highest BCUT2D eigenvalue weighted by Gasteiger charge is 2.16. The van der Waals surface area contributed by atoms with Gasteiger partial charge in [0.05, 0.1) is 6.61 Å². The van der Waals surface area contributed by atoms with Crippen LogP contribution in [0.25, 0.3) is 0 Å². The lowest BCUT2D eigenvalue weighted by molar-refractivity contribution is 0.0845. The van der Waals surface area contributed by atoms with E-state index in [0.717, 1.165) is 37.3 Å². The van der Waals surface area contributed by atoms with Gasteiger partial charge in [0.1, 0.15) is 0 Å².